The van der Waals surface area contributed by atoms with Crippen molar-refractivity contribution in [1.29, 1.82) is 0 Å². The van der Waals surface area contributed by atoms with Crippen LogP contribution in [0.25, 0.3) is 0 Å². The molecular weight excluding hydrogens is 335 g/mol. The largest absolute Gasteiger partial charge is 0.436 e. The minimum absolute atomic E-state index is 0.300. The molecule has 1 heterocycles. The Morgan fingerprint density at radius 1 is 1.21 bits per heavy atom. The van der Waals surface area contributed by atoms with Crippen LogP contribution in [0, 0.1) is 3.57 Å². The van der Waals surface area contributed by atoms with E-state index in [1.165, 1.54) is 0 Å². The molecule has 0 N–H and O–H groups in total. The van der Waals surface area contributed by atoms with Crippen molar-refractivity contribution in [1.82, 2.24) is 8.75 Å². The second kappa shape index (κ2) is 4.41. The molecule has 0 fully saturated rings. The van der Waals surface area contributed by atoms with Crippen molar-refractivity contribution in [3.05, 3.63) is 33.0 Å². The van der Waals surface area contributed by atoms with Crippen LogP contribution in [0.4, 0.5) is 0 Å². The number of hydrogen-bond donors (Lipinski definition) is 0. The first kappa shape index (κ1) is 10.1. The van der Waals surface area contributed by atoms with Crippen molar-refractivity contribution >= 4 is 45.9 Å². The molecular formula is C8H4ClIN2OS. The molecule has 0 atom stereocenters. The summed E-state index contributed by atoms with van der Waals surface area (Å²) in [6.45, 7) is 0. The number of benzene rings is 1. The van der Waals surface area contributed by atoms with Crippen LogP contribution in [-0.2, 0) is 0 Å². The standard InChI is InChI=1S/C8H4ClIN2OS/c9-7-8(12-14-11-7)13-6-3-1-5(10)2-4-6/h1-4H. The molecule has 0 saturated carbocycles. The van der Waals surface area contributed by atoms with Crippen molar-refractivity contribution in [2.45, 2.75) is 0 Å². The van der Waals surface area contributed by atoms with E-state index in [4.69, 9.17) is 16.3 Å². The highest BCUT2D eigenvalue weighted by Gasteiger charge is 2.06. The highest BCUT2D eigenvalue weighted by Crippen LogP contribution is 2.26. The molecule has 0 aliphatic rings. The minimum atomic E-state index is 0.300. The maximum absolute atomic E-state index is 5.73. The average Bonchev–Trinajstić information content (AvgIpc) is 2.56. The fraction of sp³-hybridized carbons (Fsp3) is 0. The maximum atomic E-state index is 5.73. The van der Waals surface area contributed by atoms with E-state index in [1.807, 2.05) is 24.3 Å². The summed E-state index contributed by atoms with van der Waals surface area (Å²) in [7, 11) is 0. The second-order valence-electron chi connectivity index (χ2n) is 2.42. The quantitative estimate of drug-likeness (QED) is 0.785. The van der Waals surface area contributed by atoms with Gasteiger partial charge in [0.25, 0.3) is 5.88 Å². The SMILES string of the molecule is Clc1nsnc1Oc1ccc(I)cc1. The van der Waals surface area contributed by atoms with Crippen LogP contribution in [0.15, 0.2) is 24.3 Å². The third-order valence-electron chi connectivity index (χ3n) is 1.45. The van der Waals surface area contributed by atoms with Gasteiger partial charge in [-0.05, 0) is 46.9 Å². The van der Waals surface area contributed by atoms with Crippen LogP contribution in [-0.4, -0.2) is 8.75 Å². The van der Waals surface area contributed by atoms with Gasteiger partial charge in [-0.15, -0.1) is 4.37 Å². The first-order valence-electron chi connectivity index (χ1n) is 3.67. The van der Waals surface area contributed by atoms with Gasteiger partial charge in [0.05, 0.1) is 11.7 Å². The van der Waals surface area contributed by atoms with Gasteiger partial charge >= 0.3 is 0 Å². The summed E-state index contributed by atoms with van der Waals surface area (Å²) in [5, 5.41) is 0.300. The highest BCUT2D eigenvalue weighted by molar-refractivity contribution is 14.1. The van der Waals surface area contributed by atoms with Crippen molar-refractivity contribution in [2.75, 3.05) is 0 Å². The Hall–Kier alpha value is -0.400. The first-order valence-corrected chi connectivity index (χ1v) is 5.86. The molecule has 1 aromatic heterocycles. The zero-order chi connectivity index (χ0) is 9.97. The number of aromatic nitrogens is 2. The molecule has 2 aromatic rings. The lowest BCUT2D eigenvalue weighted by Crippen LogP contribution is -1.84. The monoisotopic (exact) mass is 338 g/mol. The van der Waals surface area contributed by atoms with Gasteiger partial charge in [0.2, 0.25) is 5.15 Å². The number of rotatable bonds is 2. The molecule has 72 valence electrons. The van der Waals surface area contributed by atoms with Gasteiger partial charge in [-0.1, -0.05) is 11.6 Å². The van der Waals surface area contributed by atoms with E-state index in [9.17, 15) is 0 Å². The molecule has 0 saturated heterocycles. The predicted octanol–water partition coefficient (Wildman–Crippen LogP) is 3.59. The summed E-state index contributed by atoms with van der Waals surface area (Å²) in [6.07, 6.45) is 0. The van der Waals surface area contributed by atoms with Crippen LogP contribution >= 0.6 is 45.9 Å². The van der Waals surface area contributed by atoms with E-state index in [1.54, 1.807) is 0 Å². The van der Waals surface area contributed by atoms with Gasteiger partial charge in [0.15, 0.2) is 0 Å². The fourth-order valence-electron chi connectivity index (χ4n) is 0.845. The molecule has 1 aromatic carbocycles. The van der Waals surface area contributed by atoms with Crippen molar-refractivity contribution in [2.24, 2.45) is 0 Å². The predicted molar refractivity (Wildman–Crippen MR) is 64.2 cm³/mol. The second-order valence-corrected chi connectivity index (χ2v) is 4.55. The molecule has 2 rings (SSSR count). The van der Waals surface area contributed by atoms with Gasteiger partial charge in [-0.3, -0.25) is 0 Å². The van der Waals surface area contributed by atoms with E-state index < -0.39 is 0 Å². The van der Waals surface area contributed by atoms with Crippen LogP contribution in [0.3, 0.4) is 0 Å². The summed E-state index contributed by atoms with van der Waals surface area (Å²) < 4.78 is 14.3. The van der Waals surface area contributed by atoms with E-state index in [0.717, 1.165) is 15.3 Å². The van der Waals surface area contributed by atoms with Gasteiger partial charge in [0.1, 0.15) is 5.75 Å². The number of ether oxygens (including phenoxy) is 1. The molecule has 6 heteroatoms. The molecule has 14 heavy (non-hydrogen) atoms. The van der Waals surface area contributed by atoms with Crippen LogP contribution in [0.5, 0.6) is 11.6 Å². The Labute approximate surface area is 104 Å². The highest BCUT2D eigenvalue weighted by atomic mass is 127. The number of hydrogen-bond acceptors (Lipinski definition) is 4. The lowest BCUT2D eigenvalue weighted by molar-refractivity contribution is 0.468. The van der Waals surface area contributed by atoms with Crippen molar-refractivity contribution in [3.63, 3.8) is 0 Å². The van der Waals surface area contributed by atoms with E-state index in [0.29, 0.717) is 16.8 Å². The minimum Gasteiger partial charge on any atom is -0.436 e. The molecule has 0 unspecified atom stereocenters. The molecule has 3 nitrogen and oxygen atoms in total. The van der Waals surface area contributed by atoms with Crippen LogP contribution in [0.1, 0.15) is 0 Å². The Bertz CT molecular complexity index is 431. The van der Waals surface area contributed by atoms with Gasteiger partial charge < -0.3 is 4.74 Å². The molecule has 0 aliphatic carbocycles. The summed E-state index contributed by atoms with van der Waals surface area (Å²) in [5.74, 6) is 1.07. The van der Waals surface area contributed by atoms with Gasteiger partial charge in [0, 0.05) is 3.57 Å². The summed E-state index contributed by atoms with van der Waals surface area (Å²) in [5.41, 5.74) is 0. The third-order valence-corrected chi connectivity index (χ3v) is 3.03. The smallest absolute Gasteiger partial charge is 0.270 e. The third kappa shape index (κ3) is 2.34. The Morgan fingerprint density at radius 3 is 2.50 bits per heavy atom. The normalized spacial score (nSPS) is 10.1. The topological polar surface area (TPSA) is 35.0 Å². The van der Waals surface area contributed by atoms with Crippen molar-refractivity contribution < 1.29 is 4.74 Å². The molecule has 0 spiro atoms. The number of nitrogens with zero attached hydrogens (tertiary/aromatic N) is 2. The first-order chi connectivity index (χ1) is 6.75. The van der Waals surface area contributed by atoms with Crippen LogP contribution in [0.2, 0.25) is 5.15 Å². The lowest BCUT2D eigenvalue weighted by Gasteiger charge is -2.01. The maximum Gasteiger partial charge on any atom is 0.270 e. The van der Waals surface area contributed by atoms with E-state index in [-0.39, 0.29) is 0 Å². The number of halogens is 2. The molecule has 0 bridgehead atoms. The summed E-state index contributed by atoms with van der Waals surface area (Å²) >= 11 is 8.99. The van der Waals surface area contributed by atoms with Gasteiger partial charge in [-0.25, -0.2) is 0 Å². The Morgan fingerprint density at radius 2 is 1.93 bits per heavy atom. The summed E-state index contributed by atoms with van der Waals surface area (Å²) in [6, 6.07) is 7.61. The zero-order valence-electron chi connectivity index (χ0n) is 6.78. The average molecular weight is 339 g/mol. The van der Waals surface area contributed by atoms with Gasteiger partial charge in [-0.2, -0.15) is 4.37 Å². The van der Waals surface area contributed by atoms with Crippen LogP contribution < -0.4 is 4.74 Å². The molecule has 0 amide bonds. The fourth-order valence-corrected chi connectivity index (χ4v) is 1.82. The Balaban J connectivity index is 2.19. The summed E-state index contributed by atoms with van der Waals surface area (Å²) in [4.78, 5) is 0. The zero-order valence-corrected chi connectivity index (χ0v) is 10.5. The Kier molecular flexibility index (Phi) is 3.19. The van der Waals surface area contributed by atoms with Crippen molar-refractivity contribution in [3.8, 4) is 11.6 Å². The van der Waals surface area contributed by atoms with E-state index in [2.05, 4.69) is 31.3 Å². The molecule has 0 aliphatic heterocycles. The molecule has 0 radical (unpaired) electrons. The van der Waals surface area contributed by atoms with E-state index >= 15 is 0 Å². The lowest BCUT2D eigenvalue weighted by atomic mass is 10.3.